The lowest BCUT2D eigenvalue weighted by Crippen LogP contribution is -2.41. The molecule has 2 heterocycles. The highest BCUT2D eigenvalue weighted by Gasteiger charge is 2.26. The van der Waals surface area contributed by atoms with E-state index in [1.54, 1.807) is 0 Å². The van der Waals surface area contributed by atoms with Gasteiger partial charge in [-0.25, -0.2) is 0 Å². The van der Waals surface area contributed by atoms with Crippen molar-refractivity contribution in [3.8, 4) is 0 Å². The van der Waals surface area contributed by atoms with Crippen LogP contribution in [0.4, 0.5) is 0 Å². The number of hydrogen-bond acceptors (Lipinski definition) is 2. The molecule has 3 heteroatoms. The lowest BCUT2D eigenvalue weighted by atomic mass is 9.91. The minimum atomic E-state index is 0.359. The third-order valence-corrected chi connectivity index (χ3v) is 5.33. The molecule has 1 saturated heterocycles. The lowest BCUT2D eigenvalue weighted by molar-refractivity contribution is -0.133. The van der Waals surface area contributed by atoms with Crippen LogP contribution < -0.4 is 0 Å². The fourth-order valence-electron chi connectivity index (χ4n) is 3.76. The first kappa shape index (κ1) is 15.5. The smallest absolute Gasteiger partial charge is 0.223 e. The van der Waals surface area contributed by atoms with Crippen molar-refractivity contribution in [2.75, 3.05) is 19.6 Å². The van der Waals surface area contributed by atoms with E-state index in [1.807, 2.05) is 0 Å². The SMILES string of the molecule is CC(C)N1CCC(CC(=O)N2CCc3ccccc3C2)CC1. The second-order valence-electron chi connectivity index (χ2n) is 7.11. The van der Waals surface area contributed by atoms with Gasteiger partial charge in [-0.15, -0.1) is 0 Å². The van der Waals surface area contributed by atoms with Crippen LogP contribution in [0.3, 0.4) is 0 Å². The van der Waals surface area contributed by atoms with Crippen LogP contribution in [0.2, 0.25) is 0 Å². The maximum Gasteiger partial charge on any atom is 0.223 e. The first-order chi connectivity index (χ1) is 10.6. The van der Waals surface area contributed by atoms with Gasteiger partial charge in [0.25, 0.3) is 0 Å². The van der Waals surface area contributed by atoms with Crippen molar-refractivity contribution in [3.63, 3.8) is 0 Å². The van der Waals surface area contributed by atoms with Crippen molar-refractivity contribution in [1.82, 2.24) is 9.80 Å². The zero-order chi connectivity index (χ0) is 15.5. The highest BCUT2D eigenvalue weighted by molar-refractivity contribution is 5.76. The molecule has 1 fully saturated rings. The molecule has 120 valence electrons. The number of rotatable bonds is 3. The molecule has 0 atom stereocenters. The van der Waals surface area contributed by atoms with Gasteiger partial charge in [0.15, 0.2) is 0 Å². The molecule has 22 heavy (non-hydrogen) atoms. The first-order valence-corrected chi connectivity index (χ1v) is 8.72. The minimum absolute atomic E-state index is 0.359. The maximum absolute atomic E-state index is 12.6. The van der Waals surface area contributed by atoms with E-state index in [4.69, 9.17) is 0 Å². The fraction of sp³-hybridized carbons (Fsp3) is 0.632. The Morgan fingerprint density at radius 3 is 2.50 bits per heavy atom. The predicted molar refractivity (Wildman–Crippen MR) is 89.6 cm³/mol. The molecule has 0 saturated carbocycles. The van der Waals surface area contributed by atoms with E-state index < -0.39 is 0 Å². The molecule has 3 nitrogen and oxygen atoms in total. The van der Waals surface area contributed by atoms with Gasteiger partial charge in [-0.2, -0.15) is 0 Å². The van der Waals surface area contributed by atoms with E-state index in [-0.39, 0.29) is 0 Å². The molecule has 0 radical (unpaired) electrons. The highest BCUT2D eigenvalue weighted by Crippen LogP contribution is 2.25. The summed E-state index contributed by atoms with van der Waals surface area (Å²) >= 11 is 0. The summed E-state index contributed by atoms with van der Waals surface area (Å²) in [7, 11) is 0. The van der Waals surface area contributed by atoms with Crippen molar-refractivity contribution < 1.29 is 4.79 Å². The van der Waals surface area contributed by atoms with Crippen LogP contribution in [-0.2, 0) is 17.8 Å². The number of fused-ring (bicyclic) bond motifs is 1. The van der Waals surface area contributed by atoms with Gasteiger partial charge in [-0.3, -0.25) is 4.79 Å². The summed E-state index contributed by atoms with van der Waals surface area (Å²) in [5, 5.41) is 0. The van der Waals surface area contributed by atoms with Gasteiger partial charge >= 0.3 is 0 Å². The van der Waals surface area contributed by atoms with Gasteiger partial charge in [0.2, 0.25) is 5.91 Å². The van der Waals surface area contributed by atoms with E-state index in [2.05, 4.69) is 47.9 Å². The molecule has 0 aromatic heterocycles. The quantitative estimate of drug-likeness (QED) is 0.856. The molecule has 0 aliphatic carbocycles. The Bertz CT molecular complexity index is 518. The molecule has 2 aliphatic rings. The summed E-state index contributed by atoms with van der Waals surface area (Å²) in [5.41, 5.74) is 2.74. The zero-order valence-corrected chi connectivity index (χ0v) is 13.9. The second kappa shape index (κ2) is 6.82. The van der Waals surface area contributed by atoms with Crippen molar-refractivity contribution >= 4 is 5.91 Å². The minimum Gasteiger partial charge on any atom is -0.338 e. The molecule has 0 unspecified atom stereocenters. The number of piperidine rings is 1. The summed E-state index contributed by atoms with van der Waals surface area (Å²) in [5.74, 6) is 0.942. The van der Waals surface area contributed by atoms with E-state index in [9.17, 15) is 4.79 Å². The van der Waals surface area contributed by atoms with Crippen LogP contribution in [-0.4, -0.2) is 41.4 Å². The van der Waals surface area contributed by atoms with Gasteiger partial charge in [0.05, 0.1) is 0 Å². The molecule has 1 aromatic carbocycles. The number of hydrogen-bond donors (Lipinski definition) is 0. The summed E-state index contributed by atoms with van der Waals surface area (Å²) in [6.07, 6.45) is 4.10. The van der Waals surface area contributed by atoms with Gasteiger partial charge in [0.1, 0.15) is 0 Å². The van der Waals surface area contributed by atoms with Crippen LogP contribution in [0.15, 0.2) is 24.3 Å². The third kappa shape index (κ3) is 3.52. The molecule has 1 amide bonds. The molecule has 1 aromatic rings. The van der Waals surface area contributed by atoms with Gasteiger partial charge < -0.3 is 9.80 Å². The monoisotopic (exact) mass is 300 g/mol. The Hall–Kier alpha value is -1.35. The van der Waals surface area contributed by atoms with E-state index in [0.717, 1.165) is 39.0 Å². The highest BCUT2D eigenvalue weighted by atomic mass is 16.2. The van der Waals surface area contributed by atoms with Gasteiger partial charge in [-0.1, -0.05) is 24.3 Å². The second-order valence-corrected chi connectivity index (χ2v) is 7.11. The summed E-state index contributed by atoms with van der Waals surface area (Å²) in [4.78, 5) is 17.2. The van der Waals surface area contributed by atoms with E-state index in [1.165, 1.54) is 24.0 Å². The maximum atomic E-state index is 12.6. The number of nitrogens with zero attached hydrogens (tertiary/aromatic N) is 2. The average Bonchev–Trinajstić information content (AvgIpc) is 2.55. The number of benzene rings is 1. The van der Waals surface area contributed by atoms with Crippen LogP contribution >= 0.6 is 0 Å². The van der Waals surface area contributed by atoms with Crippen LogP contribution in [0.25, 0.3) is 0 Å². The Balaban J connectivity index is 1.51. The zero-order valence-electron chi connectivity index (χ0n) is 13.9. The van der Waals surface area contributed by atoms with Crippen molar-refractivity contribution in [2.24, 2.45) is 5.92 Å². The summed E-state index contributed by atoms with van der Waals surface area (Å²) in [6.45, 7) is 8.52. The lowest BCUT2D eigenvalue weighted by Gasteiger charge is -2.35. The van der Waals surface area contributed by atoms with Gasteiger partial charge in [0, 0.05) is 25.6 Å². The molecule has 3 rings (SSSR count). The molecule has 0 spiro atoms. The van der Waals surface area contributed by atoms with Gasteiger partial charge in [-0.05, 0) is 63.2 Å². The van der Waals surface area contributed by atoms with E-state index in [0.29, 0.717) is 17.9 Å². The van der Waals surface area contributed by atoms with Crippen LogP contribution in [0, 0.1) is 5.92 Å². The number of likely N-dealkylation sites (tertiary alicyclic amines) is 1. The van der Waals surface area contributed by atoms with Crippen LogP contribution in [0.5, 0.6) is 0 Å². The summed E-state index contributed by atoms with van der Waals surface area (Å²) < 4.78 is 0. The normalized spacial score (nSPS) is 20.2. The van der Waals surface area contributed by atoms with Crippen molar-refractivity contribution in [3.05, 3.63) is 35.4 Å². The number of amides is 1. The molecule has 0 N–H and O–H groups in total. The molecule has 2 aliphatic heterocycles. The van der Waals surface area contributed by atoms with Crippen molar-refractivity contribution in [1.29, 1.82) is 0 Å². The Kier molecular flexibility index (Phi) is 4.82. The van der Waals surface area contributed by atoms with E-state index >= 15 is 0 Å². The Labute approximate surface area is 134 Å². The predicted octanol–water partition coefficient (Wildman–Crippen LogP) is 3.08. The van der Waals surface area contributed by atoms with Crippen molar-refractivity contribution in [2.45, 2.75) is 52.1 Å². The Morgan fingerprint density at radius 1 is 1.14 bits per heavy atom. The average molecular weight is 300 g/mol. The van der Waals surface area contributed by atoms with Crippen LogP contribution in [0.1, 0.15) is 44.2 Å². The Morgan fingerprint density at radius 2 is 1.82 bits per heavy atom. The molecular formula is C19H28N2O. The number of carbonyl (C=O) groups excluding carboxylic acids is 1. The number of carbonyl (C=O) groups is 1. The molecular weight excluding hydrogens is 272 g/mol. The largest absolute Gasteiger partial charge is 0.338 e. The fourth-order valence-corrected chi connectivity index (χ4v) is 3.76. The first-order valence-electron chi connectivity index (χ1n) is 8.72. The topological polar surface area (TPSA) is 23.6 Å². The molecule has 0 bridgehead atoms. The standard InChI is InChI=1S/C19H28N2O/c1-15(2)20-10-7-16(8-11-20)13-19(22)21-12-9-17-5-3-4-6-18(17)14-21/h3-6,15-16H,7-14H2,1-2H3. The summed E-state index contributed by atoms with van der Waals surface area (Å²) in [6, 6.07) is 9.16. The third-order valence-electron chi connectivity index (χ3n) is 5.33.